The minimum absolute atomic E-state index is 0.114. The number of anilines is 1. The van der Waals surface area contributed by atoms with E-state index in [1.807, 2.05) is 6.92 Å². The number of halogens is 1. The van der Waals surface area contributed by atoms with E-state index in [0.29, 0.717) is 12.6 Å². The van der Waals surface area contributed by atoms with Crippen molar-refractivity contribution in [2.24, 2.45) is 0 Å². The van der Waals surface area contributed by atoms with Crippen LogP contribution in [-0.2, 0) is 10.8 Å². The Morgan fingerprint density at radius 3 is 2.79 bits per heavy atom. The van der Waals surface area contributed by atoms with Gasteiger partial charge in [-0.25, -0.2) is 0 Å². The second-order valence-corrected chi connectivity index (χ2v) is 6.36. The molecule has 1 aliphatic rings. The monoisotopic (exact) mass is 304 g/mol. The van der Waals surface area contributed by atoms with E-state index in [2.05, 4.69) is 20.3 Å². The summed E-state index contributed by atoms with van der Waals surface area (Å²) in [6, 6.07) is 0.471. The fourth-order valence-corrected chi connectivity index (χ4v) is 3.23. The molecule has 1 aromatic rings. The highest BCUT2D eigenvalue weighted by Gasteiger charge is 2.19. The summed E-state index contributed by atoms with van der Waals surface area (Å²) >= 11 is 5.84. The summed E-state index contributed by atoms with van der Waals surface area (Å²) in [7, 11) is -0.676. The van der Waals surface area contributed by atoms with Crippen LogP contribution in [0.2, 0.25) is 5.28 Å². The van der Waals surface area contributed by atoms with Crippen molar-refractivity contribution in [2.75, 3.05) is 23.4 Å². The van der Waals surface area contributed by atoms with Crippen molar-refractivity contribution in [2.45, 2.75) is 32.2 Å². The molecule has 6 nitrogen and oxygen atoms in total. The van der Waals surface area contributed by atoms with Gasteiger partial charge in [-0.2, -0.15) is 15.0 Å². The minimum atomic E-state index is -0.676. The molecule has 2 heterocycles. The smallest absolute Gasteiger partial charge is 0.322 e. The fourth-order valence-electron chi connectivity index (χ4n) is 1.78. The molecule has 1 aliphatic heterocycles. The molecule has 8 heteroatoms. The van der Waals surface area contributed by atoms with E-state index in [-0.39, 0.29) is 17.3 Å². The average Bonchev–Trinajstić information content (AvgIpc) is 2.38. The first-order valence-electron chi connectivity index (χ1n) is 6.33. The average molecular weight is 305 g/mol. The van der Waals surface area contributed by atoms with Crippen LogP contribution in [0.15, 0.2) is 0 Å². The number of nitrogens with zero attached hydrogens (tertiary/aromatic N) is 3. The van der Waals surface area contributed by atoms with Crippen molar-refractivity contribution in [3.63, 3.8) is 0 Å². The summed E-state index contributed by atoms with van der Waals surface area (Å²) in [6.07, 6.45) is 2.57. The van der Waals surface area contributed by atoms with E-state index in [9.17, 15) is 4.21 Å². The van der Waals surface area contributed by atoms with Crippen molar-refractivity contribution in [1.82, 2.24) is 15.0 Å². The lowest BCUT2D eigenvalue weighted by molar-refractivity contribution is 0.291. The largest absolute Gasteiger partial charge is 0.463 e. The topological polar surface area (TPSA) is 77.0 Å². The summed E-state index contributed by atoms with van der Waals surface area (Å²) in [4.78, 5) is 12.1. The summed E-state index contributed by atoms with van der Waals surface area (Å²) in [6.45, 7) is 2.55. The molecule has 0 aromatic carbocycles. The van der Waals surface area contributed by atoms with Gasteiger partial charge in [0.25, 0.3) is 0 Å². The fraction of sp³-hybridized carbons (Fsp3) is 0.727. The van der Waals surface area contributed by atoms with Crippen LogP contribution < -0.4 is 10.1 Å². The zero-order valence-corrected chi connectivity index (χ0v) is 12.3. The summed E-state index contributed by atoms with van der Waals surface area (Å²) in [5.74, 6) is 1.86. The molecular formula is C11H17ClN4O2S. The SMILES string of the molecule is CCCOc1nc(Cl)nc(NC2CCS(=O)CC2)n1. The van der Waals surface area contributed by atoms with Gasteiger partial charge in [-0.05, 0) is 30.9 Å². The van der Waals surface area contributed by atoms with Gasteiger partial charge < -0.3 is 10.1 Å². The van der Waals surface area contributed by atoms with E-state index in [1.54, 1.807) is 0 Å². The lowest BCUT2D eigenvalue weighted by Crippen LogP contribution is -2.30. The zero-order chi connectivity index (χ0) is 13.7. The Labute approximate surface area is 119 Å². The molecule has 2 rings (SSSR count). The maximum absolute atomic E-state index is 11.3. The Balaban J connectivity index is 1.99. The highest BCUT2D eigenvalue weighted by atomic mass is 35.5. The van der Waals surface area contributed by atoms with Crippen LogP contribution >= 0.6 is 11.6 Å². The van der Waals surface area contributed by atoms with Gasteiger partial charge in [0, 0.05) is 28.3 Å². The zero-order valence-electron chi connectivity index (χ0n) is 10.8. The molecule has 0 atom stereocenters. The normalized spacial score (nSPS) is 23.1. The van der Waals surface area contributed by atoms with Gasteiger partial charge in [0.1, 0.15) is 0 Å². The van der Waals surface area contributed by atoms with Gasteiger partial charge in [-0.15, -0.1) is 0 Å². The summed E-state index contributed by atoms with van der Waals surface area (Å²) < 4.78 is 16.6. The molecule has 1 fully saturated rings. The maximum atomic E-state index is 11.3. The Hall–Kier alpha value is -0.950. The van der Waals surface area contributed by atoms with Crippen molar-refractivity contribution >= 4 is 28.3 Å². The predicted octanol–water partition coefficient (Wildman–Crippen LogP) is 1.64. The first-order valence-corrected chi connectivity index (χ1v) is 8.20. The highest BCUT2D eigenvalue weighted by Crippen LogP contribution is 2.16. The van der Waals surface area contributed by atoms with E-state index < -0.39 is 10.8 Å². The first-order chi connectivity index (χ1) is 9.17. The van der Waals surface area contributed by atoms with Crippen LogP contribution in [-0.4, -0.2) is 43.3 Å². The van der Waals surface area contributed by atoms with Gasteiger partial charge in [-0.3, -0.25) is 4.21 Å². The second-order valence-electron chi connectivity index (χ2n) is 4.33. The van der Waals surface area contributed by atoms with Crippen LogP contribution in [0, 0.1) is 0 Å². The molecule has 0 radical (unpaired) electrons. The van der Waals surface area contributed by atoms with Gasteiger partial charge in [0.15, 0.2) is 0 Å². The van der Waals surface area contributed by atoms with E-state index in [1.165, 1.54) is 0 Å². The number of hydrogen-bond donors (Lipinski definition) is 1. The Bertz CT molecular complexity index is 450. The van der Waals surface area contributed by atoms with E-state index >= 15 is 0 Å². The molecule has 1 aromatic heterocycles. The molecular weight excluding hydrogens is 288 g/mol. The van der Waals surface area contributed by atoms with Crippen LogP contribution in [0.3, 0.4) is 0 Å². The van der Waals surface area contributed by atoms with Crippen molar-refractivity contribution in [1.29, 1.82) is 0 Å². The van der Waals surface area contributed by atoms with Gasteiger partial charge in [0.05, 0.1) is 6.61 Å². The van der Waals surface area contributed by atoms with Crippen LogP contribution in [0.1, 0.15) is 26.2 Å². The Morgan fingerprint density at radius 2 is 2.11 bits per heavy atom. The number of rotatable bonds is 5. The highest BCUT2D eigenvalue weighted by molar-refractivity contribution is 7.85. The lowest BCUT2D eigenvalue weighted by atomic mass is 10.2. The molecule has 0 aliphatic carbocycles. The third kappa shape index (κ3) is 4.58. The van der Waals surface area contributed by atoms with Crippen molar-refractivity contribution in [3.8, 4) is 6.01 Å². The minimum Gasteiger partial charge on any atom is -0.463 e. The molecule has 1 N–H and O–H groups in total. The number of nitrogens with one attached hydrogen (secondary N) is 1. The predicted molar refractivity (Wildman–Crippen MR) is 75.1 cm³/mol. The molecule has 0 spiro atoms. The first kappa shape index (κ1) is 14.5. The molecule has 0 unspecified atom stereocenters. The maximum Gasteiger partial charge on any atom is 0.322 e. The van der Waals surface area contributed by atoms with Crippen LogP contribution in [0.25, 0.3) is 0 Å². The molecule has 0 saturated carbocycles. The molecule has 19 heavy (non-hydrogen) atoms. The van der Waals surface area contributed by atoms with Crippen molar-refractivity contribution in [3.05, 3.63) is 5.28 Å². The number of aromatic nitrogens is 3. The van der Waals surface area contributed by atoms with Gasteiger partial charge in [0.2, 0.25) is 11.2 Å². The molecule has 0 amide bonds. The third-order valence-electron chi connectivity index (χ3n) is 2.74. The summed E-state index contributed by atoms with van der Waals surface area (Å²) in [5, 5.41) is 3.31. The molecule has 106 valence electrons. The Morgan fingerprint density at radius 1 is 1.37 bits per heavy atom. The van der Waals surface area contributed by atoms with Crippen LogP contribution in [0.5, 0.6) is 6.01 Å². The standard InChI is InChI=1S/C11H17ClN4O2S/c1-2-5-18-11-15-9(12)14-10(16-11)13-8-3-6-19(17)7-4-8/h8H,2-7H2,1H3,(H,13,14,15,16). The third-order valence-corrected chi connectivity index (χ3v) is 4.30. The van der Waals surface area contributed by atoms with E-state index in [0.717, 1.165) is 30.8 Å². The second kappa shape index (κ2) is 7.00. The number of ether oxygens (including phenoxy) is 1. The van der Waals surface area contributed by atoms with E-state index in [4.69, 9.17) is 16.3 Å². The van der Waals surface area contributed by atoms with Crippen LogP contribution in [0.4, 0.5) is 5.95 Å². The molecule has 0 bridgehead atoms. The van der Waals surface area contributed by atoms with Gasteiger partial charge in [-0.1, -0.05) is 6.92 Å². The lowest BCUT2D eigenvalue weighted by Gasteiger charge is -2.22. The van der Waals surface area contributed by atoms with Gasteiger partial charge >= 0.3 is 6.01 Å². The number of hydrogen-bond acceptors (Lipinski definition) is 6. The Kier molecular flexibility index (Phi) is 5.33. The van der Waals surface area contributed by atoms with Crippen molar-refractivity contribution < 1.29 is 8.95 Å². The summed E-state index contributed by atoms with van der Waals surface area (Å²) in [5.41, 5.74) is 0. The molecule has 1 saturated heterocycles. The quantitative estimate of drug-likeness (QED) is 0.891.